The molecule has 1 aliphatic heterocycles. The summed E-state index contributed by atoms with van der Waals surface area (Å²) in [5, 5.41) is 5.44. The van der Waals surface area contributed by atoms with Crippen molar-refractivity contribution in [3.05, 3.63) is 34.6 Å². The standard InChI is InChI=1S/C13H16ClFN4O2/c14-11-5-8(15)1-2-10(11)13(21)16-4-3-12(20)19-9-6-17-18-7-9/h1-2,5,9,17-18H,3-4,6-7H2,(H,16,21)(H,19,20). The Balaban J connectivity index is 1.74. The molecule has 1 saturated heterocycles. The summed E-state index contributed by atoms with van der Waals surface area (Å²) in [4.78, 5) is 23.5. The summed E-state index contributed by atoms with van der Waals surface area (Å²) in [5.41, 5.74) is 5.99. The lowest BCUT2D eigenvalue weighted by atomic mass is 10.2. The van der Waals surface area contributed by atoms with Crippen LogP contribution < -0.4 is 21.5 Å². The summed E-state index contributed by atoms with van der Waals surface area (Å²) in [7, 11) is 0. The lowest BCUT2D eigenvalue weighted by molar-refractivity contribution is -0.121. The second-order valence-electron chi connectivity index (χ2n) is 4.66. The number of amides is 2. The van der Waals surface area contributed by atoms with Crippen LogP contribution in [0.1, 0.15) is 16.8 Å². The predicted octanol–water partition coefficient (Wildman–Crippen LogP) is 0.192. The molecule has 1 fully saturated rings. The topological polar surface area (TPSA) is 82.3 Å². The van der Waals surface area contributed by atoms with Gasteiger partial charge in [-0.05, 0) is 18.2 Å². The van der Waals surface area contributed by atoms with Crippen LogP contribution in [0, 0.1) is 5.82 Å². The second-order valence-corrected chi connectivity index (χ2v) is 5.06. The third-order valence-electron chi connectivity index (χ3n) is 3.00. The number of carbonyl (C=O) groups is 2. The van der Waals surface area contributed by atoms with Gasteiger partial charge in [0.05, 0.1) is 16.6 Å². The normalized spacial score (nSPS) is 15.0. The largest absolute Gasteiger partial charge is 0.351 e. The second kappa shape index (κ2) is 7.35. The molecule has 0 unspecified atom stereocenters. The molecule has 2 rings (SSSR count). The van der Waals surface area contributed by atoms with Gasteiger partial charge in [0.1, 0.15) is 5.82 Å². The van der Waals surface area contributed by atoms with E-state index in [0.717, 1.165) is 12.1 Å². The summed E-state index contributed by atoms with van der Waals surface area (Å²) in [6, 6.07) is 3.60. The summed E-state index contributed by atoms with van der Waals surface area (Å²) < 4.78 is 12.9. The Morgan fingerprint density at radius 2 is 2.05 bits per heavy atom. The first-order valence-corrected chi connectivity index (χ1v) is 6.92. The van der Waals surface area contributed by atoms with Gasteiger partial charge < -0.3 is 10.6 Å². The van der Waals surface area contributed by atoms with Crippen molar-refractivity contribution in [1.29, 1.82) is 0 Å². The van der Waals surface area contributed by atoms with Crippen LogP contribution in [-0.4, -0.2) is 37.5 Å². The van der Waals surface area contributed by atoms with Gasteiger partial charge in [-0.1, -0.05) is 11.6 Å². The molecule has 0 bridgehead atoms. The average molecular weight is 315 g/mol. The van der Waals surface area contributed by atoms with E-state index >= 15 is 0 Å². The smallest absolute Gasteiger partial charge is 0.252 e. The van der Waals surface area contributed by atoms with E-state index in [2.05, 4.69) is 21.5 Å². The molecule has 2 amide bonds. The molecule has 0 saturated carbocycles. The zero-order valence-electron chi connectivity index (χ0n) is 11.2. The minimum Gasteiger partial charge on any atom is -0.351 e. The van der Waals surface area contributed by atoms with Crippen molar-refractivity contribution in [2.24, 2.45) is 0 Å². The molecule has 0 aliphatic carbocycles. The molecule has 6 nitrogen and oxygen atoms in total. The number of carbonyl (C=O) groups excluding carboxylic acids is 2. The van der Waals surface area contributed by atoms with E-state index in [4.69, 9.17) is 11.6 Å². The minimum atomic E-state index is -0.505. The molecule has 0 atom stereocenters. The van der Waals surface area contributed by atoms with Crippen molar-refractivity contribution in [2.45, 2.75) is 12.5 Å². The Hall–Kier alpha value is -1.70. The number of rotatable bonds is 5. The molecule has 1 aromatic rings. The van der Waals surface area contributed by atoms with Crippen molar-refractivity contribution in [2.75, 3.05) is 19.6 Å². The van der Waals surface area contributed by atoms with Crippen molar-refractivity contribution in [1.82, 2.24) is 21.5 Å². The van der Waals surface area contributed by atoms with Gasteiger partial charge >= 0.3 is 0 Å². The van der Waals surface area contributed by atoms with Crippen LogP contribution in [0.2, 0.25) is 5.02 Å². The van der Waals surface area contributed by atoms with Crippen LogP contribution in [0.25, 0.3) is 0 Å². The highest BCUT2D eigenvalue weighted by Crippen LogP contribution is 2.16. The number of hydrogen-bond acceptors (Lipinski definition) is 4. The van der Waals surface area contributed by atoms with Gasteiger partial charge in [0, 0.05) is 26.1 Å². The number of benzene rings is 1. The van der Waals surface area contributed by atoms with Gasteiger partial charge in [0.2, 0.25) is 5.91 Å². The molecule has 21 heavy (non-hydrogen) atoms. The van der Waals surface area contributed by atoms with Crippen molar-refractivity contribution in [3.8, 4) is 0 Å². The molecular weight excluding hydrogens is 299 g/mol. The van der Waals surface area contributed by atoms with E-state index < -0.39 is 11.7 Å². The molecule has 4 N–H and O–H groups in total. The number of hydrogen-bond donors (Lipinski definition) is 4. The first kappa shape index (κ1) is 15.7. The number of halogens is 2. The van der Waals surface area contributed by atoms with Gasteiger partial charge in [0.15, 0.2) is 0 Å². The zero-order chi connectivity index (χ0) is 15.2. The molecule has 1 aliphatic rings. The monoisotopic (exact) mass is 314 g/mol. The average Bonchev–Trinajstić information content (AvgIpc) is 2.91. The van der Waals surface area contributed by atoms with Gasteiger partial charge in [-0.25, -0.2) is 4.39 Å². The fourth-order valence-corrected chi connectivity index (χ4v) is 2.18. The van der Waals surface area contributed by atoms with Crippen LogP contribution in [-0.2, 0) is 4.79 Å². The predicted molar refractivity (Wildman–Crippen MR) is 76.3 cm³/mol. The Bertz CT molecular complexity index is 535. The van der Waals surface area contributed by atoms with Crippen LogP contribution in [0.5, 0.6) is 0 Å². The van der Waals surface area contributed by atoms with Crippen molar-refractivity contribution in [3.63, 3.8) is 0 Å². The Labute approximate surface area is 126 Å². The van der Waals surface area contributed by atoms with E-state index in [9.17, 15) is 14.0 Å². The molecular formula is C13H16ClFN4O2. The Morgan fingerprint density at radius 1 is 1.33 bits per heavy atom. The van der Waals surface area contributed by atoms with E-state index in [-0.39, 0.29) is 35.5 Å². The van der Waals surface area contributed by atoms with E-state index in [0.29, 0.717) is 13.1 Å². The van der Waals surface area contributed by atoms with E-state index in [1.165, 1.54) is 6.07 Å². The summed E-state index contributed by atoms with van der Waals surface area (Å²) in [5.74, 6) is -1.08. The first-order chi connectivity index (χ1) is 10.1. The Morgan fingerprint density at radius 3 is 2.71 bits per heavy atom. The maximum Gasteiger partial charge on any atom is 0.252 e. The minimum absolute atomic E-state index is 0.0417. The van der Waals surface area contributed by atoms with Crippen LogP contribution in [0.3, 0.4) is 0 Å². The highest BCUT2D eigenvalue weighted by atomic mass is 35.5. The summed E-state index contributed by atoms with van der Waals surface area (Å²) in [6.07, 6.45) is 0.168. The maximum atomic E-state index is 12.9. The van der Waals surface area contributed by atoms with Crippen LogP contribution >= 0.6 is 11.6 Å². The molecule has 8 heteroatoms. The van der Waals surface area contributed by atoms with Gasteiger partial charge in [-0.15, -0.1) is 0 Å². The fraction of sp³-hybridized carbons (Fsp3) is 0.385. The van der Waals surface area contributed by atoms with Crippen LogP contribution in [0.15, 0.2) is 18.2 Å². The molecule has 0 spiro atoms. The van der Waals surface area contributed by atoms with Crippen molar-refractivity contribution < 1.29 is 14.0 Å². The zero-order valence-corrected chi connectivity index (χ0v) is 12.0. The number of hydrazine groups is 1. The third-order valence-corrected chi connectivity index (χ3v) is 3.31. The van der Waals surface area contributed by atoms with Gasteiger partial charge in [-0.2, -0.15) is 0 Å². The quantitative estimate of drug-likeness (QED) is 0.625. The highest BCUT2D eigenvalue weighted by molar-refractivity contribution is 6.33. The fourth-order valence-electron chi connectivity index (χ4n) is 1.92. The maximum absolute atomic E-state index is 12.9. The van der Waals surface area contributed by atoms with Crippen LogP contribution in [0.4, 0.5) is 4.39 Å². The SMILES string of the molecule is O=C(CCNC(=O)c1ccc(F)cc1Cl)NC1CNNC1. The number of nitrogens with one attached hydrogen (secondary N) is 4. The molecule has 0 radical (unpaired) electrons. The molecule has 1 heterocycles. The molecule has 0 aromatic heterocycles. The lowest BCUT2D eigenvalue weighted by Crippen LogP contribution is -2.39. The lowest BCUT2D eigenvalue weighted by Gasteiger charge is -2.11. The third kappa shape index (κ3) is 4.66. The van der Waals surface area contributed by atoms with Gasteiger partial charge in [0.25, 0.3) is 5.91 Å². The summed E-state index contributed by atoms with van der Waals surface area (Å²) >= 11 is 5.79. The summed E-state index contributed by atoms with van der Waals surface area (Å²) in [6.45, 7) is 1.53. The van der Waals surface area contributed by atoms with E-state index in [1.54, 1.807) is 0 Å². The Kier molecular flexibility index (Phi) is 5.49. The first-order valence-electron chi connectivity index (χ1n) is 6.54. The molecule has 1 aromatic carbocycles. The van der Waals surface area contributed by atoms with Gasteiger partial charge in [-0.3, -0.25) is 20.4 Å². The van der Waals surface area contributed by atoms with Crippen molar-refractivity contribution >= 4 is 23.4 Å². The highest BCUT2D eigenvalue weighted by Gasteiger charge is 2.16. The van der Waals surface area contributed by atoms with E-state index in [1.807, 2.05) is 0 Å². The molecule has 114 valence electrons.